The Hall–Kier alpha value is -2.64. The van der Waals surface area contributed by atoms with E-state index in [4.69, 9.17) is 19.9 Å². The number of amidine groups is 1. The zero-order valence-electron chi connectivity index (χ0n) is 17.7. The van der Waals surface area contributed by atoms with Crippen LogP contribution in [0.25, 0.3) is 0 Å². The molecule has 0 fully saturated rings. The van der Waals surface area contributed by atoms with E-state index < -0.39 is 12.0 Å². The zero-order chi connectivity index (χ0) is 22.7. The predicted molar refractivity (Wildman–Crippen MR) is 122 cm³/mol. The highest BCUT2D eigenvalue weighted by atomic mass is 79.9. The van der Waals surface area contributed by atoms with E-state index in [1.807, 2.05) is 13.0 Å². The molecule has 10 heteroatoms. The van der Waals surface area contributed by atoms with Crippen LogP contribution >= 0.6 is 27.7 Å². The molecule has 1 atom stereocenters. The molecular weight excluding hydrogens is 484 g/mol. The molecule has 0 saturated carbocycles. The number of nitrogens with two attached hydrogens (primary N) is 1. The van der Waals surface area contributed by atoms with Gasteiger partial charge in [-0.15, -0.1) is 0 Å². The first-order valence-corrected chi connectivity index (χ1v) is 11.3. The number of nitriles is 1. The zero-order valence-corrected chi connectivity index (χ0v) is 20.1. The van der Waals surface area contributed by atoms with E-state index in [0.29, 0.717) is 49.3 Å². The van der Waals surface area contributed by atoms with Gasteiger partial charge >= 0.3 is 5.97 Å². The Balaban J connectivity index is 2.32. The Morgan fingerprint density at radius 3 is 2.61 bits per heavy atom. The number of aliphatic imine (C=N–C) groups is 1. The van der Waals surface area contributed by atoms with Crippen molar-refractivity contribution >= 4 is 38.8 Å². The molecule has 3 rings (SSSR count). The van der Waals surface area contributed by atoms with Gasteiger partial charge < -0.3 is 19.9 Å². The van der Waals surface area contributed by atoms with Crippen LogP contribution in [0.2, 0.25) is 0 Å². The van der Waals surface area contributed by atoms with Crippen molar-refractivity contribution < 1.29 is 19.0 Å². The fourth-order valence-electron chi connectivity index (χ4n) is 3.53. The highest BCUT2D eigenvalue weighted by Crippen LogP contribution is 2.49. The van der Waals surface area contributed by atoms with E-state index in [0.717, 1.165) is 6.42 Å². The van der Waals surface area contributed by atoms with Crippen LogP contribution in [-0.4, -0.2) is 36.9 Å². The number of allylic oxidation sites excluding steroid dienone is 2. The number of fused-ring (bicyclic) bond motifs is 1. The smallest absolute Gasteiger partial charge is 0.338 e. The molecule has 0 bridgehead atoms. The van der Waals surface area contributed by atoms with Crippen LogP contribution in [0, 0.1) is 11.3 Å². The van der Waals surface area contributed by atoms with Crippen LogP contribution in [0.5, 0.6) is 11.5 Å². The topological polar surface area (TPSA) is 110 Å². The summed E-state index contributed by atoms with van der Waals surface area (Å²) < 4.78 is 17.1. The highest BCUT2D eigenvalue weighted by Gasteiger charge is 2.44. The average molecular weight is 507 g/mol. The maximum absolute atomic E-state index is 13.1. The van der Waals surface area contributed by atoms with Crippen molar-refractivity contribution in [2.24, 2.45) is 10.7 Å². The molecule has 8 nitrogen and oxygen atoms in total. The van der Waals surface area contributed by atoms with Gasteiger partial charge in [-0.05, 0) is 47.1 Å². The molecule has 2 heterocycles. The lowest BCUT2D eigenvalue weighted by molar-refractivity contribution is -0.139. The Bertz CT molecular complexity index is 1040. The summed E-state index contributed by atoms with van der Waals surface area (Å²) in [5, 5.41) is 10.1. The maximum atomic E-state index is 13.1. The lowest BCUT2D eigenvalue weighted by Gasteiger charge is -2.36. The summed E-state index contributed by atoms with van der Waals surface area (Å²) in [6.45, 7) is 3.98. The summed E-state index contributed by atoms with van der Waals surface area (Å²) in [7, 11) is 3.11. The number of methoxy groups -OCH3 is 2. The van der Waals surface area contributed by atoms with Crippen LogP contribution in [0.15, 0.2) is 43.6 Å². The number of ether oxygens (including phenoxy) is 3. The van der Waals surface area contributed by atoms with E-state index in [9.17, 15) is 10.1 Å². The Morgan fingerprint density at radius 1 is 1.32 bits per heavy atom. The largest absolute Gasteiger partial charge is 0.496 e. The number of carbonyl (C=O) groups excluding carboxylic acids is 1. The molecule has 2 aliphatic rings. The van der Waals surface area contributed by atoms with E-state index in [-0.39, 0.29) is 12.4 Å². The molecule has 1 aromatic carbocycles. The first kappa shape index (κ1) is 23.0. The van der Waals surface area contributed by atoms with Gasteiger partial charge in [-0.25, -0.2) is 9.79 Å². The fourth-order valence-corrected chi connectivity index (χ4v) is 4.94. The minimum absolute atomic E-state index is 0.220. The van der Waals surface area contributed by atoms with Crippen LogP contribution in [0.1, 0.15) is 38.3 Å². The monoisotopic (exact) mass is 506 g/mol. The molecule has 164 valence electrons. The second kappa shape index (κ2) is 9.66. The van der Waals surface area contributed by atoms with E-state index in [2.05, 4.69) is 27.0 Å². The molecule has 0 aromatic heterocycles. The van der Waals surface area contributed by atoms with Crippen LogP contribution < -0.4 is 15.2 Å². The molecule has 0 amide bonds. The van der Waals surface area contributed by atoms with Crippen molar-refractivity contribution in [3.8, 4) is 17.6 Å². The summed E-state index contributed by atoms with van der Waals surface area (Å²) >= 11 is 4.71. The molecular formula is C21H23BrN4O4S. The Morgan fingerprint density at radius 2 is 2.03 bits per heavy atom. The van der Waals surface area contributed by atoms with Gasteiger partial charge in [-0.2, -0.15) is 5.26 Å². The molecule has 1 aromatic rings. The second-order valence-electron chi connectivity index (χ2n) is 6.65. The van der Waals surface area contributed by atoms with Crippen molar-refractivity contribution in [3.05, 3.63) is 44.2 Å². The third kappa shape index (κ3) is 4.12. The highest BCUT2D eigenvalue weighted by molar-refractivity contribution is 9.10. The second-order valence-corrected chi connectivity index (χ2v) is 8.49. The number of rotatable bonds is 7. The van der Waals surface area contributed by atoms with Crippen molar-refractivity contribution in [1.29, 1.82) is 5.26 Å². The standard InChI is InChI=1S/C21H23BrN4O4S/c1-5-7-13-17(20(27)30-6-2)18(26-19(24)16(10-23)31-21(26)25-13)11-8-12(22)15(29-4)9-14(11)28-3/h8-9,18H,5-7,24H2,1-4H3/t18-/m0/s1. The van der Waals surface area contributed by atoms with Gasteiger partial charge in [-0.3, -0.25) is 4.90 Å². The molecule has 0 unspecified atom stereocenters. The minimum Gasteiger partial charge on any atom is -0.496 e. The molecule has 2 aliphatic heterocycles. The third-order valence-electron chi connectivity index (χ3n) is 4.85. The van der Waals surface area contributed by atoms with Gasteiger partial charge in [0.05, 0.1) is 36.6 Å². The molecule has 31 heavy (non-hydrogen) atoms. The Labute approximate surface area is 193 Å². The normalized spacial score (nSPS) is 17.9. The maximum Gasteiger partial charge on any atom is 0.338 e. The number of hydrogen-bond donors (Lipinski definition) is 1. The Kier molecular flexibility index (Phi) is 7.18. The number of esters is 1. The number of benzene rings is 1. The van der Waals surface area contributed by atoms with Gasteiger partial charge in [0.15, 0.2) is 5.17 Å². The quantitative estimate of drug-likeness (QED) is 0.547. The first-order valence-electron chi connectivity index (χ1n) is 9.68. The van der Waals surface area contributed by atoms with Gasteiger partial charge in [0.1, 0.15) is 34.3 Å². The van der Waals surface area contributed by atoms with Gasteiger partial charge in [0.2, 0.25) is 0 Å². The van der Waals surface area contributed by atoms with Crippen LogP contribution in [0.4, 0.5) is 0 Å². The number of thioether (sulfide) groups is 1. The van der Waals surface area contributed by atoms with Crippen molar-refractivity contribution in [2.75, 3.05) is 20.8 Å². The summed E-state index contributed by atoms with van der Waals surface area (Å²) in [5.41, 5.74) is 8.01. The lowest BCUT2D eigenvalue weighted by Crippen LogP contribution is -2.39. The number of nitrogens with zero attached hydrogens (tertiary/aromatic N) is 3. The molecule has 0 spiro atoms. The molecule has 0 radical (unpaired) electrons. The number of carbonyl (C=O) groups is 1. The molecule has 2 N–H and O–H groups in total. The van der Waals surface area contributed by atoms with Gasteiger partial charge in [-0.1, -0.05) is 13.3 Å². The van der Waals surface area contributed by atoms with E-state index >= 15 is 0 Å². The minimum atomic E-state index is -0.677. The molecule has 0 saturated heterocycles. The number of halogens is 1. The molecule has 0 aliphatic carbocycles. The van der Waals surface area contributed by atoms with Crippen molar-refractivity contribution in [1.82, 2.24) is 4.90 Å². The average Bonchev–Trinajstić information content (AvgIpc) is 3.08. The fraction of sp³-hybridized carbons (Fsp3) is 0.381. The summed E-state index contributed by atoms with van der Waals surface area (Å²) in [4.78, 5) is 19.9. The SMILES string of the molecule is CCCC1=C(C(=O)OCC)[C@H](c2cc(Br)c(OC)cc2OC)N2C(=N1)SC(C#N)=C2N. The van der Waals surface area contributed by atoms with E-state index in [1.54, 1.807) is 32.1 Å². The van der Waals surface area contributed by atoms with Gasteiger partial charge in [0, 0.05) is 11.6 Å². The van der Waals surface area contributed by atoms with Crippen molar-refractivity contribution in [2.45, 2.75) is 32.7 Å². The van der Waals surface area contributed by atoms with Crippen LogP contribution in [0.3, 0.4) is 0 Å². The number of hydrogen-bond acceptors (Lipinski definition) is 9. The summed E-state index contributed by atoms with van der Waals surface area (Å²) in [6, 6.07) is 5.01. The van der Waals surface area contributed by atoms with E-state index in [1.165, 1.54) is 11.8 Å². The first-order chi connectivity index (χ1) is 14.9. The summed E-state index contributed by atoms with van der Waals surface area (Å²) in [5.74, 6) is 0.850. The van der Waals surface area contributed by atoms with Gasteiger partial charge in [0.25, 0.3) is 0 Å². The van der Waals surface area contributed by atoms with Crippen LogP contribution in [-0.2, 0) is 9.53 Å². The summed E-state index contributed by atoms with van der Waals surface area (Å²) in [6.07, 6.45) is 1.36. The van der Waals surface area contributed by atoms with Crippen molar-refractivity contribution in [3.63, 3.8) is 0 Å². The lowest BCUT2D eigenvalue weighted by atomic mass is 9.92. The third-order valence-corrected chi connectivity index (χ3v) is 6.44. The predicted octanol–water partition coefficient (Wildman–Crippen LogP) is 4.19.